The largest absolute Gasteiger partial charge is 0.478 e. The molecule has 2 rings (SSSR count). The van der Waals surface area contributed by atoms with Crippen LogP contribution in [0.4, 0.5) is 0 Å². The second kappa shape index (κ2) is 2.24. The summed E-state index contributed by atoms with van der Waals surface area (Å²) in [5, 5.41) is 8.69. The number of nitrogens with two attached hydrogens (primary N) is 1. The van der Waals surface area contributed by atoms with Crippen LogP contribution in [0.15, 0.2) is 34.6 Å². The smallest absolute Gasteiger partial charge is 0.331 e. The van der Waals surface area contributed by atoms with Crippen molar-refractivity contribution in [3.05, 3.63) is 34.6 Å². The molecule has 62 valence electrons. The average Bonchev–Trinajstić information content (AvgIpc) is 2.42. The maximum Gasteiger partial charge on any atom is 0.331 e. The zero-order valence-corrected chi connectivity index (χ0v) is 6.50. The Labute approximate surface area is 69.9 Å². The quantitative estimate of drug-likeness (QED) is 0.604. The van der Waals surface area contributed by atoms with Crippen LogP contribution < -0.4 is 5.73 Å². The topological polar surface area (TPSA) is 63.3 Å². The molecule has 0 radical (unpaired) electrons. The first-order valence-electron chi connectivity index (χ1n) is 3.79. The Morgan fingerprint density at radius 1 is 1.33 bits per heavy atom. The summed E-state index contributed by atoms with van der Waals surface area (Å²) >= 11 is 0. The molecular formula is C9H9NO2. The summed E-state index contributed by atoms with van der Waals surface area (Å²) in [7, 11) is 0. The van der Waals surface area contributed by atoms with Gasteiger partial charge in [0.1, 0.15) is 0 Å². The van der Waals surface area contributed by atoms with Crippen molar-refractivity contribution in [3.63, 3.8) is 0 Å². The number of hydrogen-bond acceptors (Lipinski definition) is 2. The monoisotopic (exact) mass is 163 g/mol. The first kappa shape index (κ1) is 7.16. The van der Waals surface area contributed by atoms with Gasteiger partial charge in [-0.25, -0.2) is 4.79 Å². The molecule has 0 atom stereocenters. The molecule has 0 aliphatic heterocycles. The normalized spacial score (nSPS) is 20.7. The van der Waals surface area contributed by atoms with E-state index in [1.165, 1.54) is 0 Å². The van der Waals surface area contributed by atoms with Crippen LogP contribution in [0.2, 0.25) is 0 Å². The van der Waals surface area contributed by atoms with Gasteiger partial charge in [0, 0.05) is 24.1 Å². The maximum absolute atomic E-state index is 10.6. The molecule has 2 aliphatic carbocycles. The van der Waals surface area contributed by atoms with E-state index in [1.54, 1.807) is 6.08 Å². The third-order valence-corrected chi connectivity index (χ3v) is 2.17. The van der Waals surface area contributed by atoms with Gasteiger partial charge in [0.2, 0.25) is 0 Å². The predicted molar refractivity (Wildman–Crippen MR) is 44.2 cm³/mol. The van der Waals surface area contributed by atoms with Crippen molar-refractivity contribution in [2.75, 3.05) is 0 Å². The minimum atomic E-state index is -0.823. The van der Waals surface area contributed by atoms with Gasteiger partial charge >= 0.3 is 5.97 Å². The SMILES string of the molecule is NC1=CC2=C(C=C(C(=O)O)C2)C1. The molecule has 0 aromatic carbocycles. The molecule has 0 unspecified atom stereocenters. The number of carboxylic acids is 1. The molecule has 0 heterocycles. The molecule has 0 aromatic rings. The highest BCUT2D eigenvalue weighted by atomic mass is 16.4. The van der Waals surface area contributed by atoms with E-state index in [0.717, 1.165) is 16.8 Å². The van der Waals surface area contributed by atoms with Crippen molar-refractivity contribution in [3.8, 4) is 0 Å². The fourth-order valence-electron chi connectivity index (χ4n) is 1.61. The molecule has 0 saturated heterocycles. The fourth-order valence-corrected chi connectivity index (χ4v) is 1.61. The number of aliphatic carboxylic acids is 1. The van der Waals surface area contributed by atoms with Gasteiger partial charge in [0.15, 0.2) is 0 Å². The lowest BCUT2D eigenvalue weighted by molar-refractivity contribution is -0.132. The van der Waals surface area contributed by atoms with Gasteiger partial charge in [0.25, 0.3) is 0 Å². The lowest BCUT2D eigenvalue weighted by Gasteiger charge is -1.95. The minimum Gasteiger partial charge on any atom is -0.478 e. The summed E-state index contributed by atoms with van der Waals surface area (Å²) < 4.78 is 0. The molecule has 0 saturated carbocycles. The van der Waals surface area contributed by atoms with E-state index in [2.05, 4.69) is 0 Å². The number of allylic oxidation sites excluding steroid dienone is 4. The predicted octanol–water partition coefficient (Wildman–Crippen LogP) is 0.944. The summed E-state index contributed by atoms with van der Waals surface area (Å²) in [6, 6.07) is 0. The molecule has 12 heavy (non-hydrogen) atoms. The zero-order chi connectivity index (χ0) is 8.72. The summed E-state index contributed by atoms with van der Waals surface area (Å²) in [5.74, 6) is -0.823. The highest BCUT2D eigenvalue weighted by molar-refractivity contribution is 5.89. The molecular weight excluding hydrogens is 154 g/mol. The molecule has 3 N–H and O–H groups in total. The van der Waals surface area contributed by atoms with Crippen LogP contribution in [0.5, 0.6) is 0 Å². The Morgan fingerprint density at radius 3 is 2.58 bits per heavy atom. The highest BCUT2D eigenvalue weighted by Gasteiger charge is 2.22. The number of rotatable bonds is 1. The van der Waals surface area contributed by atoms with Crippen molar-refractivity contribution in [2.24, 2.45) is 5.73 Å². The number of carboxylic acid groups (broad SMARTS) is 1. The summed E-state index contributed by atoms with van der Waals surface area (Å²) in [6.07, 6.45) is 4.85. The van der Waals surface area contributed by atoms with Crippen LogP contribution in [0, 0.1) is 0 Å². The van der Waals surface area contributed by atoms with Crippen LogP contribution >= 0.6 is 0 Å². The molecule has 0 spiro atoms. The zero-order valence-electron chi connectivity index (χ0n) is 6.50. The standard InChI is InChI=1S/C9H9NO2/c10-8-3-5-1-7(9(11)12)2-6(5)4-8/h1,4H,2-3,10H2,(H,11,12). The Kier molecular flexibility index (Phi) is 1.33. The van der Waals surface area contributed by atoms with E-state index < -0.39 is 5.97 Å². The van der Waals surface area contributed by atoms with E-state index in [0.29, 0.717) is 18.4 Å². The molecule has 0 aromatic heterocycles. The molecule has 0 amide bonds. The Balaban J connectivity index is 2.21. The molecule has 2 aliphatic rings. The first-order valence-corrected chi connectivity index (χ1v) is 3.79. The maximum atomic E-state index is 10.6. The van der Waals surface area contributed by atoms with Crippen LogP contribution in [0.1, 0.15) is 12.8 Å². The second-order valence-corrected chi connectivity index (χ2v) is 3.10. The van der Waals surface area contributed by atoms with Crippen LogP contribution in [-0.4, -0.2) is 11.1 Å². The summed E-state index contributed by atoms with van der Waals surface area (Å²) in [5.41, 5.74) is 9.05. The van der Waals surface area contributed by atoms with Crippen LogP contribution in [0.25, 0.3) is 0 Å². The van der Waals surface area contributed by atoms with E-state index in [9.17, 15) is 4.79 Å². The molecule has 0 fully saturated rings. The fraction of sp³-hybridized carbons (Fsp3) is 0.222. The number of hydrogen-bond donors (Lipinski definition) is 2. The van der Waals surface area contributed by atoms with E-state index in [4.69, 9.17) is 10.8 Å². The van der Waals surface area contributed by atoms with Crippen LogP contribution in [0.3, 0.4) is 0 Å². The van der Waals surface area contributed by atoms with E-state index in [-0.39, 0.29) is 0 Å². The van der Waals surface area contributed by atoms with Crippen molar-refractivity contribution in [1.82, 2.24) is 0 Å². The van der Waals surface area contributed by atoms with Gasteiger partial charge < -0.3 is 10.8 Å². The van der Waals surface area contributed by atoms with Crippen LogP contribution in [-0.2, 0) is 4.79 Å². The Bertz CT molecular complexity index is 348. The van der Waals surface area contributed by atoms with Gasteiger partial charge in [-0.15, -0.1) is 0 Å². The van der Waals surface area contributed by atoms with Gasteiger partial charge in [-0.1, -0.05) is 0 Å². The summed E-state index contributed by atoms with van der Waals surface area (Å²) in [6.45, 7) is 0. The third kappa shape index (κ3) is 0.942. The highest BCUT2D eigenvalue weighted by Crippen LogP contribution is 2.34. The Hall–Kier alpha value is -1.51. The summed E-state index contributed by atoms with van der Waals surface area (Å²) in [4.78, 5) is 10.6. The molecule has 3 heteroatoms. The first-order chi connectivity index (χ1) is 5.66. The third-order valence-electron chi connectivity index (χ3n) is 2.17. The van der Waals surface area contributed by atoms with Crippen molar-refractivity contribution in [2.45, 2.75) is 12.8 Å². The van der Waals surface area contributed by atoms with Gasteiger partial charge in [-0.2, -0.15) is 0 Å². The number of carbonyl (C=O) groups is 1. The van der Waals surface area contributed by atoms with Crippen molar-refractivity contribution >= 4 is 5.97 Å². The van der Waals surface area contributed by atoms with E-state index >= 15 is 0 Å². The average molecular weight is 163 g/mol. The van der Waals surface area contributed by atoms with Gasteiger partial charge in [-0.3, -0.25) is 0 Å². The minimum absolute atomic E-state index is 0.476. The van der Waals surface area contributed by atoms with E-state index in [1.807, 2.05) is 6.08 Å². The molecule has 3 nitrogen and oxygen atoms in total. The van der Waals surface area contributed by atoms with Gasteiger partial charge in [-0.05, 0) is 23.3 Å². The lowest BCUT2D eigenvalue weighted by atomic mass is 10.1. The Morgan fingerprint density at radius 2 is 2.00 bits per heavy atom. The van der Waals surface area contributed by atoms with Gasteiger partial charge in [0.05, 0.1) is 0 Å². The second-order valence-electron chi connectivity index (χ2n) is 3.10. The van der Waals surface area contributed by atoms with Crippen molar-refractivity contribution in [1.29, 1.82) is 0 Å². The molecule has 0 bridgehead atoms. The lowest BCUT2D eigenvalue weighted by Crippen LogP contribution is -1.99. The van der Waals surface area contributed by atoms with Crippen molar-refractivity contribution < 1.29 is 9.90 Å².